The molecule has 0 spiro atoms. The molecule has 0 unspecified atom stereocenters. The van der Waals surface area contributed by atoms with E-state index in [-0.39, 0.29) is 5.91 Å². The third kappa shape index (κ3) is 3.19. The molecule has 17 heavy (non-hydrogen) atoms. The summed E-state index contributed by atoms with van der Waals surface area (Å²) in [5.41, 5.74) is 2.28. The standard InChI is InChI=1S/C15H19NO/c1-16(14-10-6-3-7-11-14)15(17)12-13-8-4-2-5-9-13/h2,4-5,8-10H,3,6-7,11-12H2,1H3. The molecule has 1 aromatic rings. The van der Waals surface area contributed by atoms with Crippen molar-refractivity contribution in [1.82, 2.24) is 4.90 Å². The van der Waals surface area contributed by atoms with Crippen molar-refractivity contribution in [3.63, 3.8) is 0 Å². The zero-order valence-corrected chi connectivity index (χ0v) is 10.4. The molecule has 2 nitrogen and oxygen atoms in total. The molecule has 0 bridgehead atoms. The normalized spacial score (nSPS) is 15.2. The Balaban J connectivity index is 1.98. The van der Waals surface area contributed by atoms with Crippen LogP contribution in [0.25, 0.3) is 0 Å². The van der Waals surface area contributed by atoms with Crippen LogP contribution >= 0.6 is 0 Å². The molecule has 0 atom stereocenters. The lowest BCUT2D eigenvalue weighted by atomic mass is 10.0. The molecule has 0 N–H and O–H groups in total. The summed E-state index contributed by atoms with van der Waals surface area (Å²) in [5.74, 6) is 0.185. The minimum Gasteiger partial charge on any atom is -0.319 e. The highest BCUT2D eigenvalue weighted by Gasteiger charge is 2.15. The summed E-state index contributed by atoms with van der Waals surface area (Å²) in [6.07, 6.45) is 7.30. The van der Waals surface area contributed by atoms with E-state index < -0.39 is 0 Å². The Morgan fingerprint density at radius 2 is 2.00 bits per heavy atom. The number of likely N-dealkylation sites (N-methyl/N-ethyl adjacent to an activating group) is 1. The average molecular weight is 229 g/mol. The Hall–Kier alpha value is -1.57. The summed E-state index contributed by atoms with van der Waals surface area (Å²) in [6, 6.07) is 9.92. The smallest absolute Gasteiger partial charge is 0.230 e. The van der Waals surface area contributed by atoms with Gasteiger partial charge in [-0.2, -0.15) is 0 Å². The molecule has 1 aliphatic rings. The second kappa shape index (κ2) is 5.67. The molecule has 2 rings (SSSR count). The summed E-state index contributed by atoms with van der Waals surface area (Å²) in [5, 5.41) is 0. The molecule has 0 radical (unpaired) electrons. The third-order valence-electron chi connectivity index (χ3n) is 3.27. The number of nitrogens with zero attached hydrogens (tertiary/aromatic N) is 1. The number of carbonyl (C=O) groups is 1. The second-order valence-electron chi connectivity index (χ2n) is 4.56. The van der Waals surface area contributed by atoms with Crippen molar-refractivity contribution in [1.29, 1.82) is 0 Å². The first-order chi connectivity index (χ1) is 8.27. The topological polar surface area (TPSA) is 20.3 Å². The van der Waals surface area contributed by atoms with Crippen LogP contribution in [-0.4, -0.2) is 17.9 Å². The van der Waals surface area contributed by atoms with E-state index in [1.54, 1.807) is 0 Å². The Labute approximate surface area is 103 Å². The molecular formula is C15H19NO. The second-order valence-corrected chi connectivity index (χ2v) is 4.56. The molecule has 90 valence electrons. The highest BCUT2D eigenvalue weighted by molar-refractivity contribution is 5.80. The lowest BCUT2D eigenvalue weighted by Gasteiger charge is -2.23. The predicted octanol–water partition coefficient (Wildman–Crippen LogP) is 3.15. The Bertz CT molecular complexity index is 408. The van der Waals surface area contributed by atoms with Crippen LogP contribution in [0.4, 0.5) is 0 Å². The van der Waals surface area contributed by atoms with E-state index in [1.165, 1.54) is 18.5 Å². The fourth-order valence-corrected chi connectivity index (χ4v) is 2.18. The third-order valence-corrected chi connectivity index (χ3v) is 3.27. The van der Waals surface area contributed by atoms with E-state index in [0.717, 1.165) is 18.4 Å². The largest absolute Gasteiger partial charge is 0.319 e. The van der Waals surface area contributed by atoms with Crippen molar-refractivity contribution in [3.8, 4) is 0 Å². The van der Waals surface area contributed by atoms with Crippen molar-refractivity contribution >= 4 is 5.91 Å². The quantitative estimate of drug-likeness (QED) is 0.779. The average Bonchev–Trinajstić information content (AvgIpc) is 2.40. The van der Waals surface area contributed by atoms with Gasteiger partial charge in [0.05, 0.1) is 6.42 Å². The molecule has 2 heteroatoms. The zero-order chi connectivity index (χ0) is 12.1. The van der Waals surface area contributed by atoms with Crippen LogP contribution in [0.1, 0.15) is 31.2 Å². The lowest BCUT2D eigenvalue weighted by molar-refractivity contribution is -0.127. The lowest BCUT2D eigenvalue weighted by Crippen LogP contribution is -2.28. The van der Waals surface area contributed by atoms with Crippen LogP contribution in [0.3, 0.4) is 0 Å². The van der Waals surface area contributed by atoms with Crippen molar-refractivity contribution in [2.45, 2.75) is 32.1 Å². The van der Waals surface area contributed by atoms with Gasteiger partial charge in [-0.3, -0.25) is 4.79 Å². The molecule has 1 aliphatic carbocycles. The number of amides is 1. The van der Waals surface area contributed by atoms with Gasteiger partial charge in [-0.15, -0.1) is 0 Å². The molecular weight excluding hydrogens is 210 g/mol. The van der Waals surface area contributed by atoms with Gasteiger partial charge in [0.2, 0.25) is 5.91 Å². The van der Waals surface area contributed by atoms with Gasteiger partial charge in [0.1, 0.15) is 0 Å². The minimum absolute atomic E-state index is 0.185. The molecule has 1 aromatic carbocycles. The van der Waals surface area contributed by atoms with Crippen molar-refractivity contribution in [3.05, 3.63) is 47.7 Å². The molecule has 0 heterocycles. The molecule has 0 saturated carbocycles. The minimum atomic E-state index is 0.185. The van der Waals surface area contributed by atoms with Crippen LogP contribution < -0.4 is 0 Å². The first-order valence-electron chi connectivity index (χ1n) is 6.27. The number of allylic oxidation sites excluding steroid dienone is 2. The fourth-order valence-electron chi connectivity index (χ4n) is 2.18. The first-order valence-corrected chi connectivity index (χ1v) is 6.27. The van der Waals surface area contributed by atoms with E-state index >= 15 is 0 Å². The zero-order valence-electron chi connectivity index (χ0n) is 10.4. The Morgan fingerprint density at radius 3 is 2.65 bits per heavy atom. The van der Waals surface area contributed by atoms with E-state index in [4.69, 9.17) is 0 Å². The molecule has 0 aromatic heterocycles. The summed E-state index contributed by atoms with van der Waals surface area (Å²) >= 11 is 0. The van der Waals surface area contributed by atoms with Crippen LogP contribution in [-0.2, 0) is 11.2 Å². The summed E-state index contributed by atoms with van der Waals surface area (Å²) in [4.78, 5) is 13.9. The van der Waals surface area contributed by atoms with E-state index in [2.05, 4.69) is 6.08 Å². The fraction of sp³-hybridized carbons (Fsp3) is 0.400. The number of rotatable bonds is 3. The van der Waals surface area contributed by atoms with Crippen molar-refractivity contribution < 1.29 is 4.79 Å². The van der Waals surface area contributed by atoms with Gasteiger partial charge in [-0.05, 0) is 31.2 Å². The van der Waals surface area contributed by atoms with Gasteiger partial charge < -0.3 is 4.90 Å². The van der Waals surface area contributed by atoms with Gasteiger partial charge in [0.15, 0.2) is 0 Å². The Kier molecular flexibility index (Phi) is 3.97. The van der Waals surface area contributed by atoms with Gasteiger partial charge in [-0.1, -0.05) is 36.4 Å². The molecule has 0 aliphatic heterocycles. The van der Waals surface area contributed by atoms with Gasteiger partial charge in [0.25, 0.3) is 0 Å². The van der Waals surface area contributed by atoms with Crippen LogP contribution in [0.15, 0.2) is 42.1 Å². The Morgan fingerprint density at radius 1 is 1.24 bits per heavy atom. The number of hydrogen-bond donors (Lipinski definition) is 0. The van der Waals surface area contributed by atoms with E-state index in [1.807, 2.05) is 42.3 Å². The maximum Gasteiger partial charge on any atom is 0.230 e. The maximum atomic E-state index is 12.1. The first kappa shape index (κ1) is 11.9. The van der Waals surface area contributed by atoms with Crippen LogP contribution in [0.2, 0.25) is 0 Å². The monoisotopic (exact) mass is 229 g/mol. The molecule has 0 saturated heterocycles. The van der Waals surface area contributed by atoms with Gasteiger partial charge >= 0.3 is 0 Å². The summed E-state index contributed by atoms with van der Waals surface area (Å²) in [6.45, 7) is 0. The van der Waals surface area contributed by atoms with Crippen molar-refractivity contribution in [2.24, 2.45) is 0 Å². The number of benzene rings is 1. The number of hydrogen-bond acceptors (Lipinski definition) is 1. The van der Waals surface area contributed by atoms with Gasteiger partial charge in [0, 0.05) is 12.7 Å². The SMILES string of the molecule is CN(C(=O)Cc1ccccc1)C1=CCCCC1. The number of carbonyl (C=O) groups excluding carboxylic acids is 1. The highest BCUT2D eigenvalue weighted by Crippen LogP contribution is 2.20. The molecule has 0 fully saturated rings. The maximum absolute atomic E-state index is 12.1. The van der Waals surface area contributed by atoms with Crippen molar-refractivity contribution in [2.75, 3.05) is 7.05 Å². The summed E-state index contributed by atoms with van der Waals surface area (Å²) < 4.78 is 0. The predicted molar refractivity (Wildman–Crippen MR) is 69.5 cm³/mol. The van der Waals surface area contributed by atoms with Gasteiger partial charge in [-0.25, -0.2) is 0 Å². The highest BCUT2D eigenvalue weighted by atomic mass is 16.2. The van der Waals surface area contributed by atoms with Crippen LogP contribution in [0, 0.1) is 0 Å². The van der Waals surface area contributed by atoms with Crippen LogP contribution in [0.5, 0.6) is 0 Å². The molecule has 1 amide bonds. The van der Waals surface area contributed by atoms with E-state index in [9.17, 15) is 4.79 Å². The van der Waals surface area contributed by atoms with E-state index in [0.29, 0.717) is 6.42 Å². The summed E-state index contributed by atoms with van der Waals surface area (Å²) in [7, 11) is 1.89.